The second-order valence-corrected chi connectivity index (χ2v) is 6.67. The smallest absolute Gasteiger partial charge is 0.119 e. The molecule has 0 aliphatic heterocycles. The number of aliphatic hydroxyl groups excluding tert-OH is 1. The maximum absolute atomic E-state index is 9.15. The summed E-state index contributed by atoms with van der Waals surface area (Å²) >= 11 is 0. The lowest BCUT2D eigenvalue weighted by Crippen LogP contribution is -1.97. The molecule has 0 aliphatic rings. The van der Waals surface area contributed by atoms with E-state index in [2.05, 4.69) is 54.6 Å². The lowest BCUT2D eigenvalue weighted by atomic mass is 9.92. The maximum Gasteiger partial charge on any atom is 0.119 e. The van der Waals surface area contributed by atoms with Gasteiger partial charge in [0.25, 0.3) is 0 Å². The van der Waals surface area contributed by atoms with E-state index in [-0.39, 0.29) is 6.61 Å². The molecule has 5 aromatic rings. The average molecular weight is 338 g/mol. The van der Waals surface area contributed by atoms with Crippen molar-refractivity contribution in [2.45, 2.75) is 13.2 Å². The summed E-state index contributed by atoms with van der Waals surface area (Å²) in [4.78, 5) is 0. The van der Waals surface area contributed by atoms with Crippen molar-refractivity contribution in [3.05, 3.63) is 90.0 Å². The van der Waals surface area contributed by atoms with Crippen molar-refractivity contribution in [1.82, 2.24) is 0 Å². The van der Waals surface area contributed by atoms with E-state index in [4.69, 9.17) is 9.84 Å². The highest BCUT2D eigenvalue weighted by Crippen LogP contribution is 2.36. The molecule has 5 aromatic carbocycles. The number of hydrogen-bond donors (Lipinski definition) is 1. The molecule has 0 fully saturated rings. The number of aliphatic hydroxyl groups is 1. The van der Waals surface area contributed by atoms with Gasteiger partial charge in [-0.25, -0.2) is 0 Å². The molecule has 0 radical (unpaired) electrons. The van der Waals surface area contributed by atoms with E-state index in [1.807, 2.05) is 24.3 Å². The van der Waals surface area contributed by atoms with Crippen molar-refractivity contribution in [2.75, 3.05) is 0 Å². The molecule has 126 valence electrons. The molecule has 0 saturated heterocycles. The second kappa shape index (κ2) is 6.01. The SMILES string of the molecule is OCc1ccc(OCc2ccc3ccc4cccc5ccc2c3c45)cc1. The number of hydrogen-bond acceptors (Lipinski definition) is 2. The van der Waals surface area contributed by atoms with Gasteiger partial charge in [0.2, 0.25) is 0 Å². The highest BCUT2D eigenvalue weighted by molar-refractivity contribution is 6.23. The van der Waals surface area contributed by atoms with Crippen molar-refractivity contribution in [1.29, 1.82) is 0 Å². The number of benzene rings is 5. The fourth-order valence-electron chi connectivity index (χ4n) is 3.77. The third-order valence-electron chi connectivity index (χ3n) is 5.12. The van der Waals surface area contributed by atoms with Crippen LogP contribution in [0.5, 0.6) is 5.75 Å². The Morgan fingerprint density at radius 3 is 2.04 bits per heavy atom. The third-order valence-corrected chi connectivity index (χ3v) is 5.12. The van der Waals surface area contributed by atoms with Gasteiger partial charge in [-0.15, -0.1) is 0 Å². The Morgan fingerprint density at radius 2 is 1.31 bits per heavy atom. The molecule has 2 heteroatoms. The summed E-state index contributed by atoms with van der Waals surface area (Å²) in [7, 11) is 0. The largest absolute Gasteiger partial charge is 0.489 e. The van der Waals surface area contributed by atoms with Crippen molar-refractivity contribution in [3.63, 3.8) is 0 Å². The molecule has 0 unspecified atom stereocenters. The van der Waals surface area contributed by atoms with Crippen molar-refractivity contribution >= 4 is 32.3 Å². The topological polar surface area (TPSA) is 29.5 Å². The first-order valence-corrected chi connectivity index (χ1v) is 8.81. The maximum atomic E-state index is 9.15. The van der Waals surface area contributed by atoms with Crippen LogP contribution in [0.25, 0.3) is 32.3 Å². The van der Waals surface area contributed by atoms with Crippen LogP contribution >= 0.6 is 0 Å². The summed E-state index contributed by atoms with van der Waals surface area (Å²) < 4.78 is 6.00. The van der Waals surface area contributed by atoms with Crippen molar-refractivity contribution < 1.29 is 9.84 Å². The minimum Gasteiger partial charge on any atom is -0.489 e. The molecule has 0 amide bonds. The van der Waals surface area contributed by atoms with Gasteiger partial charge in [-0.3, -0.25) is 0 Å². The lowest BCUT2D eigenvalue weighted by molar-refractivity contribution is 0.281. The molecule has 26 heavy (non-hydrogen) atoms. The van der Waals surface area contributed by atoms with Crippen LogP contribution in [0.15, 0.2) is 78.9 Å². The van der Waals surface area contributed by atoms with Gasteiger partial charge in [0.15, 0.2) is 0 Å². The molecule has 0 aliphatic carbocycles. The van der Waals surface area contributed by atoms with Gasteiger partial charge >= 0.3 is 0 Å². The number of ether oxygens (including phenoxy) is 1. The summed E-state index contributed by atoms with van der Waals surface area (Å²) in [5.41, 5.74) is 2.07. The Balaban J connectivity index is 1.59. The van der Waals surface area contributed by atoms with Gasteiger partial charge in [-0.05, 0) is 55.6 Å². The van der Waals surface area contributed by atoms with E-state index in [0.29, 0.717) is 6.61 Å². The highest BCUT2D eigenvalue weighted by atomic mass is 16.5. The summed E-state index contributed by atoms with van der Waals surface area (Å²) in [5.74, 6) is 0.813. The molecule has 0 atom stereocenters. The number of rotatable bonds is 4. The molecule has 2 nitrogen and oxygen atoms in total. The van der Waals surface area contributed by atoms with Crippen LogP contribution in [0.1, 0.15) is 11.1 Å². The van der Waals surface area contributed by atoms with Crippen LogP contribution in [0.3, 0.4) is 0 Å². The van der Waals surface area contributed by atoms with Gasteiger partial charge in [0.1, 0.15) is 12.4 Å². The van der Waals surface area contributed by atoms with Crippen LogP contribution in [0, 0.1) is 0 Å². The van der Waals surface area contributed by atoms with E-state index in [1.165, 1.54) is 37.9 Å². The van der Waals surface area contributed by atoms with Crippen molar-refractivity contribution in [3.8, 4) is 5.75 Å². The summed E-state index contributed by atoms with van der Waals surface area (Å²) in [6.07, 6.45) is 0. The van der Waals surface area contributed by atoms with Gasteiger partial charge < -0.3 is 9.84 Å². The van der Waals surface area contributed by atoms with E-state index in [9.17, 15) is 0 Å². The lowest BCUT2D eigenvalue weighted by Gasteiger charge is -2.14. The molecule has 0 spiro atoms. The Hall–Kier alpha value is -3.10. The van der Waals surface area contributed by atoms with E-state index in [1.54, 1.807) is 0 Å². The predicted octanol–water partition coefficient (Wildman–Crippen LogP) is 5.66. The van der Waals surface area contributed by atoms with Gasteiger partial charge in [0, 0.05) is 0 Å². The van der Waals surface area contributed by atoms with Crippen LogP contribution in [0.4, 0.5) is 0 Å². The minimum absolute atomic E-state index is 0.0509. The minimum atomic E-state index is 0.0509. The molecule has 0 aromatic heterocycles. The Labute approximate surface area is 151 Å². The zero-order valence-electron chi connectivity index (χ0n) is 14.3. The van der Waals surface area contributed by atoms with E-state index >= 15 is 0 Å². The quantitative estimate of drug-likeness (QED) is 0.429. The molecular weight excluding hydrogens is 320 g/mol. The molecule has 5 rings (SSSR count). The average Bonchev–Trinajstić information content (AvgIpc) is 2.71. The first-order valence-electron chi connectivity index (χ1n) is 8.81. The second-order valence-electron chi connectivity index (χ2n) is 6.67. The monoisotopic (exact) mass is 338 g/mol. The molecule has 1 N–H and O–H groups in total. The molecule has 0 saturated carbocycles. The first kappa shape index (κ1) is 15.2. The van der Waals surface area contributed by atoms with Crippen LogP contribution in [-0.2, 0) is 13.2 Å². The highest BCUT2D eigenvalue weighted by Gasteiger charge is 2.11. The normalized spacial score (nSPS) is 11.6. The fourth-order valence-corrected chi connectivity index (χ4v) is 3.77. The summed E-state index contributed by atoms with van der Waals surface area (Å²) in [5, 5.41) is 16.9. The summed E-state index contributed by atoms with van der Waals surface area (Å²) in [6, 6.07) is 27.2. The molecule has 0 heterocycles. The molecule has 0 bridgehead atoms. The molecular formula is C24H18O2. The predicted molar refractivity (Wildman–Crippen MR) is 107 cm³/mol. The zero-order valence-corrected chi connectivity index (χ0v) is 14.3. The van der Waals surface area contributed by atoms with Crippen LogP contribution < -0.4 is 4.74 Å². The van der Waals surface area contributed by atoms with E-state index < -0.39 is 0 Å². The fraction of sp³-hybridized carbons (Fsp3) is 0.0833. The summed E-state index contributed by atoms with van der Waals surface area (Å²) in [6.45, 7) is 0.571. The van der Waals surface area contributed by atoms with Crippen molar-refractivity contribution in [2.24, 2.45) is 0 Å². The standard InChI is InChI=1S/C24H18O2/c25-14-16-4-11-21(12-5-16)26-15-20-9-8-19-7-6-17-2-1-3-18-10-13-22(20)24(19)23(17)18/h1-13,25H,14-15H2. The first-order chi connectivity index (χ1) is 12.8. The zero-order chi connectivity index (χ0) is 17.5. The van der Waals surface area contributed by atoms with Crippen LogP contribution in [0.2, 0.25) is 0 Å². The van der Waals surface area contributed by atoms with Gasteiger partial charge in [0.05, 0.1) is 6.61 Å². The van der Waals surface area contributed by atoms with Gasteiger partial charge in [-0.2, -0.15) is 0 Å². The Morgan fingerprint density at radius 1 is 0.654 bits per heavy atom. The van der Waals surface area contributed by atoms with Crippen LogP contribution in [-0.4, -0.2) is 5.11 Å². The van der Waals surface area contributed by atoms with Gasteiger partial charge in [-0.1, -0.05) is 66.7 Å². The third kappa shape index (κ3) is 2.39. The Kier molecular flexibility index (Phi) is 3.51. The Bertz CT molecular complexity index is 1190. The van der Waals surface area contributed by atoms with E-state index in [0.717, 1.165) is 11.3 Å².